The Hall–Kier alpha value is -0.0800. The van der Waals surface area contributed by atoms with Crippen LogP contribution in [0.5, 0.6) is 0 Å². The summed E-state index contributed by atoms with van der Waals surface area (Å²) >= 11 is 0. The third-order valence-corrected chi connectivity index (χ3v) is 3.40. The molecule has 0 aliphatic heterocycles. The Morgan fingerprint density at radius 3 is 1.33 bits per heavy atom. The SMILES string of the molecule is CC(C(C)(C)CN)C(C)(C)CN. The summed E-state index contributed by atoms with van der Waals surface area (Å²) in [5, 5.41) is 0. The van der Waals surface area contributed by atoms with E-state index in [1.165, 1.54) is 0 Å². The fraction of sp³-hybridized carbons (Fsp3) is 1.00. The number of rotatable bonds is 4. The Morgan fingerprint density at radius 2 is 1.17 bits per heavy atom. The highest BCUT2D eigenvalue weighted by Gasteiger charge is 2.35. The minimum atomic E-state index is 0.183. The van der Waals surface area contributed by atoms with Crippen molar-refractivity contribution < 1.29 is 0 Å². The van der Waals surface area contributed by atoms with Crippen LogP contribution in [0, 0.1) is 16.7 Å². The maximum Gasteiger partial charge on any atom is -0.00231 e. The van der Waals surface area contributed by atoms with Gasteiger partial charge in [0.2, 0.25) is 0 Å². The molecule has 0 atom stereocenters. The fourth-order valence-electron chi connectivity index (χ4n) is 1.41. The summed E-state index contributed by atoms with van der Waals surface area (Å²) in [4.78, 5) is 0. The van der Waals surface area contributed by atoms with Crippen molar-refractivity contribution in [3.8, 4) is 0 Å². The normalized spacial score (nSPS) is 14.0. The lowest BCUT2D eigenvalue weighted by atomic mass is 9.66. The van der Waals surface area contributed by atoms with E-state index in [4.69, 9.17) is 11.5 Å². The smallest absolute Gasteiger partial charge is 0.00231 e. The quantitative estimate of drug-likeness (QED) is 0.676. The molecule has 0 unspecified atom stereocenters. The summed E-state index contributed by atoms with van der Waals surface area (Å²) in [6, 6.07) is 0. The first-order valence-corrected chi connectivity index (χ1v) is 4.68. The molecule has 2 nitrogen and oxygen atoms in total. The molecule has 0 aromatic heterocycles. The van der Waals surface area contributed by atoms with Crippen LogP contribution in [0.3, 0.4) is 0 Å². The van der Waals surface area contributed by atoms with E-state index in [-0.39, 0.29) is 10.8 Å². The van der Waals surface area contributed by atoms with Crippen molar-refractivity contribution in [1.29, 1.82) is 0 Å². The molecule has 0 fully saturated rings. The van der Waals surface area contributed by atoms with Crippen LogP contribution < -0.4 is 11.5 Å². The van der Waals surface area contributed by atoms with Crippen LogP contribution in [-0.4, -0.2) is 13.1 Å². The summed E-state index contributed by atoms with van der Waals surface area (Å²) in [6.07, 6.45) is 0. The predicted molar refractivity (Wildman–Crippen MR) is 54.8 cm³/mol. The zero-order valence-electron chi connectivity index (χ0n) is 9.15. The first-order valence-electron chi connectivity index (χ1n) is 4.68. The molecule has 0 aliphatic rings. The van der Waals surface area contributed by atoms with Crippen LogP contribution in [-0.2, 0) is 0 Å². The van der Waals surface area contributed by atoms with Gasteiger partial charge < -0.3 is 11.5 Å². The van der Waals surface area contributed by atoms with Crippen LogP contribution in [0.25, 0.3) is 0 Å². The van der Waals surface area contributed by atoms with Crippen molar-refractivity contribution in [2.24, 2.45) is 28.2 Å². The van der Waals surface area contributed by atoms with E-state index in [2.05, 4.69) is 34.6 Å². The number of nitrogens with two attached hydrogens (primary N) is 2. The van der Waals surface area contributed by atoms with Gasteiger partial charge in [-0.2, -0.15) is 0 Å². The van der Waals surface area contributed by atoms with Crippen molar-refractivity contribution in [3.63, 3.8) is 0 Å². The first kappa shape index (κ1) is 11.9. The lowest BCUT2D eigenvalue weighted by Crippen LogP contribution is -2.42. The molecule has 0 spiro atoms. The molecular weight excluding hydrogens is 148 g/mol. The highest BCUT2D eigenvalue weighted by Crippen LogP contribution is 2.38. The molecule has 2 heteroatoms. The molecule has 0 aliphatic carbocycles. The Balaban J connectivity index is 4.47. The first-order chi connectivity index (χ1) is 5.28. The van der Waals surface area contributed by atoms with Gasteiger partial charge in [-0.1, -0.05) is 34.6 Å². The van der Waals surface area contributed by atoms with Crippen LogP contribution in [0.4, 0.5) is 0 Å². The molecule has 0 amide bonds. The summed E-state index contributed by atoms with van der Waals surface area (Å²) in [5.41, 5.74) is 11.8. The molecule has 12 heavy (non-hydrogen) atoms. The molecule has 0 aromatic rings. The average Bonchev–Trinajstić information content (AvgIpc) is 2.03. The zero-order valence-corrected chi connectivity index (χ0v) is 9.15. The number of hydrogen-bond donors (Lipinski definition) is 2. The van der Waals surface area contributed by atoms with Gasteiger partial charge >= 0.3 is 0 Å². The van der Waals surface area contributed by atoms with Crippen molar-refractivity contribution in [1.82, 2.24) is 0 Å². The fourth-order valence-corrected chi connectivity index (χ4v) is 1.41. The standard InChI is InChI=1S/C10H24N2/c1-8(9(2,3)6-11)10(4,5)7-12/h8H,6-7,11-12H2,1-5H3. The summed E-state index contributed by atoms with van der Waals surface area (Å²) in [7, 11) is 0. The Morgan fingerprint density at radius 1 is 0.917 bits per heavy atom. The van der Waals surface area contributed by atoms with Gasteiger partial charge in [-0.25, -0.2) is 0 Å². The molecule has 0 saturated heterocycles. The predicted octanol–water partition coefficient (Wildman–Crippen LogP) is 1.59. The lowest BCUT2D eigenvalue weighted by Gasteiger charge is -2.41. The molecule has 0 saturated carbocycles. The van der Waals surface area contributed by atoms with E-state index in [0.717, 1.165) is 13.1 Å². The molecule has 0 heterocycles. The number of hydrogen-bond acceptors (Lipinski definition) is 2. The molecule has 0 rings (SSSR count). The molecule has 0 radical (unpaired) electrons. The maximum atomic E-state index is 5.72. The zero-order chi connectivity index (χ0) is 9.99. The Bertz CT molecular complexity index is 123. The average molecular weight is 172 g/mol. The van der Waals surface area contributed by atoms with Crippen molar-refractivity contribution in [3.05, 3.63) is 0 Å². The molecular formula is C10H24N2. The Kier molecular flexibility index (Phi) is 3.73. The van der Waals surface area contributed by atoms with Crippen LogP contribution in [0.15, 0.2) is 0 Å². The van der Waals surface area contributed by atoms with E-state index >= 15 is 0 Å². The van der Waals surface area contributed by atoms with Gasteiger partial charge in [0.1, 0.15) is 0 Å². The van der Waals surface area contributed by atoms with Crippen LogP contribution >= 0.6 is 0 Å². The van der Waals surface area contributed by atoms with Crippen molar-refractivity contribution >= 4 is 0 Å². The molecule has 0 bridgehead atoms. The molecule has 4 N–H and O–H groups in total. The van der Waals surface area contributed by atoms with Crippen LogP contribution in [0.1, 0.15) is 34.6 Å². The van der Waals surface area contributed by atoms with Gasteiger partial charge in [-0.15, -0.1) is 0 Å². The third-order valence-electron chi connectivity index (χ3n) is 3.40. The minimum Gasteiger partial charge on any atom is -0.330 e. The van der Waals surface area contributed by atoms with E-state index in [1.807, 2.05) is 0 Å². The highest BCUT2D eigenvalue weighted by atomic mass is 14.6. The van der Waals surface area contributed by atoms with Gasteiger partial charge in [0.25, 0.3) is 0 Å². The van der Waals surface area contributed by atoms with Gasteiger partial charge in [0, 0.05) is 0 Å². The lowest BCUT2D eigenvalue weighted by molar-refractivity contribution is 0.102. The van der Waals surface area contributed by atoms with E-state index in [1.54, 1.807) is 0 Å². The summed E-state index contributed by atoms with van der Waals surface area (Å²) in [5.74, 6) is 0.542. The maximum absolute atomic E-state index is 5.72. The molecule has 74 valence electrons. The minimum absolute atomic E-state index is 0.183. The van der Waals surface area contributed by atoms with Gasteiger partial charge in [0.15, 0.2) is 0 Å². The van der Waals surface area contributed by atoms with E-state index < -0.39 is 0 Å². The van der Waals surface area contributed by atoms with Gasteiger partial charge in [-0.05, 0) is 29.8 Å². The largest absolute Gasteiger partial charge is 0.330 e. The van der Waals surface area contributed by atoms with Gasteiger partial charge in [-0.3, -0.25) is 0 Å². The topological polar surface area (TPSA) is 52.0 Å². The van der Waals surface area contributed by atoms with Crippen molar-refractivity contribution in [2.75, 3.05) is 13.1 Å². The Labute approximate surface area is 76.7 Å². The summed E-state index contributed by atoms with van der Waals surface area (Å²) in [6.45, 7) is 12.5. The van der Waals surface area contributed by atoms with Crippen molar-refractivity contribution in [2.45, 2.75) is 34.6 Å². The third kappa shape index (κ3) is 2.46. The molecule has 0 aromatic carbocycles. The highest BCUT2D eigenvalue weighted by molar-refractivity contribution is 4.87. The summed E-state index contributed by atoms with van der Waals surface area (Å²) < 4.78 is 0. The second-order valence-corrected chi connectivity index (χ2v) is 5.11. The second kappa shape index (κ2) is 3.75. The monoisotopic (exact) mass is 172 g/mol. The second-order valence-electron chi connectivity index (χ2n) is 5.11. The van der Waals surface area contributed by atoms with Crippen LogP contribution in [0.2, 0.25) is 0 Å². The van der Waals surface area contributed by atoms with E-state index in [0.29, 0.717) is 5.92 Å². The van der Waals surface area contributed by atoms with Gasteiger partial charge in [0.05, 0.1) is 0 Å². The van der Waals surface area contributed by atoms with E-state index in [9.17, 15) is 0 Å².